The third kappa shape index (κ3) is 3.66. The van der Waals surface area contributed by atoms with Crippen LogP contribution in [0.15, 0.2) is 29.1 Å². The lowest BCUT2D eigenvalue weighted by Gasteiger charge is -2.10. The van der Waals surface area contributed by atoms with Gasteiger partial charge in [0.2, 0.25) is 0 Å². The number of benzene rings is 1. The van der Waals surface area contributed by atoms with Crippen molar-refractivity contribution in [1.82, 2.24) is 9.78 Å². The van der Waals surface area contributed by atoms with Crippen LogP contribution in [0.5, 0.6) is 5.75 Å². The highest BCUT2D eigenvalue weighted by Gasteiger charge is 2.11. The van der Waals surface area contributed by atoms with E-state index < -0.39 is 0 Å². The second kappa shape index (κ2) is 7.10. The second-order valence-corrected chi connectivity index (χ2v) is 5.32. The molecule has 0 bridgehead atoms. The zero-order valence-electron chi connectivity index (χ0n) is 12.5. The molecule has 0 unspecified atom stereocenters. The summed E-state index contributed by atoms with van der Waals surface area (Å²) in [5.41, 5.74) is 1.13. The molecule has 0 aliphatic rings. The molecule has 114 valence electrons. The molecule has 0 saturated carbocycles. The maximum atomic E-state index is 12.1. The van der Waals surface area contributed by atoms with E-state index in [0.29, 0.717) is 41.6 Å². The van der Waals surface area contributed by atoms with Crippen LogP contribution in [-0.4, -0.2) is 16.4 Å². The molecule has 0 radical (unpaired) electrons. The topological polar surface area (TPSA) is 67.9 Å². The molecule has 1 heterocycles. The van der Waals surface area contributed by atoms with E-state index in [0.717, 1.165) is 0 Å². The summed E-state index contributed by atoms with van der Waals surface area (Å²) >= 11 is 5.87. The molecule has 0 atom stereocenters. The molecule has 0 amide bonds. The summed E-state index contributed by atoms with van der Waals surface area (Å²) in [4.78, 5) is 12.1. The molecule has 1 aromatic heterocycles. The van der Waals surface area contributed by atoms with Crippen LogP contribution in [0.4, 0.5) is 0 Å². The highest BCUT2D eigenvalue weighted by Crippen LogP contribution is 2.17. The quantitative estimate of drug-likeness (QED) is 0.795. The van der Waals surface area contributed by atoms with Crippen molar-refractivity contribution >= 4 is 11.6 Å². The summed E-state index contributed by atoms with van der Waals surface area (Å²) in [6.45, 7) is 4.35. The van der Waals surface area contributed by atoms with Crippen molar-refractivity contribution < 1.29 is 4.74 Å². The van der Waals surface area contributed by atoms with E-state index in [1.54, 1.807) is 26.0 Å². The Kier molecular flexibility index (Phi) is 5.18. The van der Waals surface area contributed by atoms with Crippen LogP contribution in [0, 0.1) is 25.2 Å². The predicted octanol–water partition coefficient (Wildman–Crippen LogP) is 2.85. The van der Waals surface area contributed by atoms with Crippen LogP contribution < -0.4 is 10.3 Å². The van der Waals surface area contributed by atoms with Gasteiger partial charge in [-0.15, -0.1) is 0 Å². The molecule has 1 aromatic carbocycles. The summed E-state index contributed by atoms with van der Waals surface area (Å²) in [5, 5.41) is 13.9. The first-order valence-corrected chi connectivity index (χ1v) is 7.27. The van der Waals surface area contributed by atoms with Crippen LogP contribution in [-0.2, 0) is 6.54 Å². The van der Waals surface area contributed by atoms with E-state index in [9.17, 15) is 4.79 Å². The van der Waals surface area contributed by atoms with Crippen molar-refractivity contribution in [3.05, 3.63) is 56.5 Å². The second-order valence-electron chi connectivity index (χ2n) is 4.88. The van der Waals surface area contributed by atoms with E-state index >= 15 is 0 Å². The van der Waals surface area contributed by atoms with Gasteiger partial charge in [0.25, 0.3) is 5.56 Å². The normalized spacial score (nSPS) is 10.3. The number of hydrogen-bond donors (Lipinski definition) is 0. The lowest BCUT2D eigenvalue weighted by molar-refractivity contribution is 0.296. The fourth-order valence-electron chi connectivity index (χ4n) is 2.02. The minimum atomic E-state index is -0.353. The third-order valence-corrected chi connectivity index (χ3v) is 3.56. The number of hydrogen-bond acceptors (Lipinski definition) is 4. The van der Waals surface area contributed by atoms with Crippen LogP contribution in [0.25, 0.3) is 0 Å². The lowest BCUT2D eigenvalue weighted by Crippen LogP contribution is -2.28. The zero-order chi connectivity index (χ0) is 16.1. The first-order chi connectivity index (χ1) is 10.5. The number of aromatic nitrogens is 2. The molecule has 6 heteroatoms. The van der Waals surface area contributed by atoms with E-state index in [2.05, 4.69) is 5.10 Å². The van der Waals surface area contributed by atoms with E-state index in [-0.39, 0.29) is 11.1 Å². The number of halogens is 1. The first-order valence-electron chi connectivity index (χ1n) is 6.89. The molecule has 0 aliphatic heterocycles. The Balaban J connectivity index is 2.00. The maximum absolute atomic E-state index is 12.1. The maximum Gasteiger partial charge on any atom is 0.284 e. The van der Waals surface area contributed by atoms with Gasteiger partial charge in [-0.2, -0.15) is 10.4 Å². The van der Waals surface area contributed by atoms with Crippen molar-refractivity contribution in [3.63, 3.8) is 0 Å². The molecular weight excluding hydrogens is 302 g/mol. The summed E-state index contributed by atoms with van der Waals surface area (Å²) in [6, 6.07) is 9.09. The van der Waals surface area contributed by atoms with E-state index in [1.807, 2.05) is 18.2 Å². The Labute approximate surface area is 133 Å². The number of ether oxygens (including phenoxy) is 1. The van der Waals surface area contributed by atoms with Crippen molar-refractivity contribution in [2.45, 2.75) is 26.8 Å². The molecule has 0 aliphatic carbocycles. The molecule has 2 rings (SSSR count). The minimum absolute atomic E-state index is 0.156. The summed E-state index contributed by atoms with van der Waals surface area (Å²) < 4.78 is 6.89. The summed E-state index contributed by atoms with van der Waals surface area (Å²) in [5.74, 6) is 0.686. The Morgan fingerprint density at radius 3 is 2.86 bits per heavy atom. The van der Waals surface area contributed by atoms with Gasteiger partial charge in [0.15, 0.2) is 0 Å². The summed E-state index contributed by atoms with van der Waals surface area (Å²) in [7, 11) is 0. The number of aryl methyl sites for hydroxylation is 2. The van der Waals surface area contributed by atoms with Gasteiger partial charge in [-0.3, -0.25) is 4.79 Å². The molecule has 0 saturated heterocycles. The lowest BCUT2D eigenvalue weighted by atomic mass is 10.1. The van der Waals surface area contributed by atoms with Gasteiger partial charge in [-0.05, 0) is 37.6 Å². The predicted molar refractivity (Wildman–Crippen MR) is 84.3 cm³/mol. The Morgan fingerprint density at radius 2 is 2.18 bits per heavy atom. The molecular formula is C16H16ClN3O2. The van der Waals surface area contributed by atoms with Gasteiger partial charge in [-0.25, -0.2) is 4.68 Å². The Bertz CT molecular complexity index is 778. The van der Waals surface area contributed by atoms with Crippen LogP contribution >= 0.6 is 11.6 Å². The molecule has 0 N–H and O–H groups in total. The van der Waals surface area contributed by atoms with E-state index in [1.165, 1.54) is 4.68 Å². The zero-order valence-corrected chi connectivity index (χ0v) is 13.2. The van der Waals surface area contributed by atoms with Crippen LogP contribution in [0.2, 0.25) is 5.02 Å². The number of rotatable bonds is 5. The standard InChI is InChI=1S/C16H16ClN3O2/c1-11-12(2)19-20(16(21)15(11)10-18)7-4-8-22-14-6-3-5-13(17)9-14/h3,5-6,9H,4,7-8H2,1-2H3. The number of nitrogens with zero attached hydrogens (tertiary/aromatic N) is 3. The molecule has 2 aromatic rings. The van der Waals surface area contributed by atoms with Crippen molar-refractivity contribution in [2.24, 2.45) is 0 Å². The Hall–Kier alpha value is -2.32. The number of nitriles is 1. The fraction of sp³-hybridized carbons (Fsp3) is 0.312. The van der Waals surface area contributed by atoms with Gasteiger partial charge in [0.1, 0.15) is 17.4 Å². The minimum Gasteiger partial charge on any atom is -0.493 e. The van der Waals surface area contributed by atoms with Gasteiger partial charge in [0, 0.05) is 18.0 Å². The average Bonchev–Trinajstić information content (AvgIpc) is 2.49. The monoisotopic (exact) mass is 317 g/mol. The van der Waals surface area contributed by atoms with Gasteiger partial charge < -0.3 is 4.74 Å². The van der Waals surface area contributed by atoms with Gasteiger partial charge >= 0.3 is 0 Å². The smallest absolute Gasteiger partial charge is 0.284 e. The fourth-order valence-corrected chi connectivity index (χ4v) is 2.20. The molecule has 0 spiro atoms. The SMILES string of the molecule is Cc1nn(CCCOc2cccc(Cl)c2)c(=O)c(C#N)c1C. The van der Waals surface area contributed by atoms with Crippen LogP contribution in [0.3, 0.4) is 0 Å². The van der Waals surface area contributed by atoms with E-state index in [4.69, 9.17) is 21.6 Å². The average molecular weight is 318 g/mol. The molecule has 5 nitrogen and oxygen atoms in total. The third-order valence-electron chi connectivity index (χ3n) is 3.33. The summed E-state index contributed by atoms with van der Waals surface area (Å²) in [6.07, 6.45) is 0.604. The molecule has 22 heavy (non-hydrogen) atoms. The van der Waals surface area contributed by atoms with Gasteiger partial charge in [0.05, 0.1) is 12.3 Å². The highest BCUT2D eigenvalue weighted by atomic mass is 35.5. The van der Waals surface area contributed by atoms with Crippen molar-refractivity contribution in [2.75, 3.05) is 6.61 Å². The van der Waals surface area contributed by atoms with Crippen molar-refractivity contribution in [1.29, 1.82) is 5.26 Å². The first kappa shape index (κ1) is 16.1. The highest BCUT2D eigenvalue weighted by molar-refractivity contribution is 6.30. The van der Waals surface area contributed by atoms with Crippen LogP contribution in [0.1, 0.15) is 23.2 Å². The largest absolute Gasteiger partial charge is 0.493 e. The Morgan fingerprint density at radius 1 is 1.41 bits per heavy atom. The van der Waals surface area contributed by atoms with Crippen molar-refractivity contribution in [3.8, 4) is 11.8 Å². The van der Waals surface area contributed by atoms with Gasteiger partial charge in [-0.1, -0.05) is 17.7 Å². The molecule has 0 fully saturated rings.